The Morgan fingerprint density at radius 3 is 2.54 bits per heavy atom. The first-order chi connectivity index (χ1) is 6.24. The molecule has 1 aliphatic rings. The van der Waals surface area contributed by atoms with E-state index >= 15 is 0 Å². The molecule has 1 atom stereocenters. The molecule has 13 heavy (non-hydrogen) atoms. The average Bonchev–Trinajstić information content (AvgIpc) is 2.19. The van der Waals surface area contributed by atoms with Crippen molar-refractivity contribution in [3.63, 3.8) is 0 Å². The van der Waals surface area contributed by atoms with E-state index in [1.807, 2.05) is 0 Å². The summed E-state index contributed by atoms with van der Waals surface area (Å²) in [6, 6.07) is 0. The van der Waals surface area contributed by atoms with Gasteiger partial charge in [0.25, 0.3) is 0 Å². The number of esters is 1. The fourth-order valence-electron chi connectivity index (χ4n) is 1.61. The summed E-state index contributed by atoms with van der Waals surface area (Å²) in [7, 11) is 0. The molecule has 0 aromatic carbocycles. The number of aliphatic hydroxyl groups excluding tert-OH is 2. The Morgan fingerprint density at radius 2 is 2.00 bits per heavy atom. The Bertz CT molecular complexity index is 163. The third-order valence-electron chi connectivity index (χ3n) is 2.35. The van der Waals surface area contributed by atoms with Gasteiger partial charge in [0.15, 0.2) is 0 Å². The number of aliphatic hydroxyl groups is 2. The minimum absolute atomic E-state index is 0.0741. The van der Waals surface area contributed by atoms with Gasteiger partial charge in [0.2, 0.25) is 6.29 Å². The predicted octanol–water partition coefficient (Wildman–Crippen LogP) is 0.421. The molecule has 0 heterocycles. The van der Waals surface area contributed by atoms with Gasteiger partial charge < -0.3 is 14.9 Å². The molecule has 1 saturated carbocycles. The number of ether oxygens (including phenoxy) is 1. The molecule has 1 fully saturated rings. The van der Waals surface area contributed by atoms with Crippen molar-refractivity contribution in [2.45, 2.75) is 38.4 Å². The number of hydrogen-bond donors (Lipinski definition) is 2. The SMILES string of the molecule is O=C(OC(O)CO)C1CCCCC1. The van der Waals surface area contributed by atoms with Gasteiger partial charge in [-0.05, 0) is 12.8 Å². The molecular formula is C9H16O4. The molecule has 1 aliphatic carbocycles. The highest BCUT2D eigenvalue weighted by Gasteiger charge is 2.24. The van der Waals surface area contributed by atoms with Crippen molar-refractivity contribution in [3.05, 3.63) is 0 Å². The largest absolute Gasteiger partial charge is 0.433 e. The van der Waals surface area contributed by atoms with E-state index in [1.165, 1.54) is 6.42 Å². The van der Waals surface area contributed by atoms with Crippen LogP contribution < -0.4 is 0 Å². The van der Waals surface area contributed by atoms with Crippen LogP contribution in [0.2, 0.25) is 0 Å². The van der Waals surface area contributed by atoms with Crippen LogP contribution in [-0.2, 0) is 9.53 Å². The highest BCUT2D eigenvalue weighted by atomic mass is 16.6. The monoisotopic (exact) mass is 188 g/mol. The van der Waals surface area contributed by atoms with Gasteiger partial charge in [0, 0.05) is 0 Å². The summed E-state index contributed by atoms with van der Waals surface area (Å²) >= 11 is 0. The highest BCUT2D eigenvalue weighted by Crippen LogP contribution is 2.24. The summed E-state index contributed by atoms with van der Waals surface area (Å²) in [5.41, 5.74) is 0. The van der Waals surface area contributed by atoms with Crippen LogP contribution in [-0.4, -0.2) is 29.1 Å². The Labute approximate surface area is 77.5 Å². The van der Waals surface area contributed by atoms with E-state index in [1.54, 1.807) is 0 Å². The van der Waals surface area contributed by atoms with Crippen molar-refractivity contribution in [3.8, 4) is 0 Å². The van der Waals surface area contributed by atoms with Crippen LogP contribution in [0.4, 0.5) is 0 Å². The van der Waals surface area contributed by atoms with Gasteiger partial charge in [-0.25, -0.2) is 0 Å². The van der Waals surface area contributed by atoms with Crippen LogP contribution >= 0.6 is 0 Å². The quantitative estimate of drug-likeness (QED) is 0.497. The third-order valence-corrected chi connectivity index (χ3v) is 2.35. The molecule has 0 aromatic rings. The summed E-state index contributed by atoms with van der Waals surface area (Å²) < 4.78 is 4.61. The molecule has 0 amide bonds. The molecular weight excluding hydrogens is 172 g/mol. The van der Waals surface area contributed by atoms with Crippen molar-refractivity contribution in [2.24, 2.45) is 5.92 Å². The number of carbonyl (C=O) groups excluding carboxylic acids is 1. The lowest BCUT2D eigenvalue weighted by molar-refractivity contribution is -0.179. The van der Waals surface area contributed by atoms with E-state index in [2.05, 4.69) is 4.74 Å². The molecule has 0 radical (unpaired) electrons. The Morgan fingerprint density at radius 1 is 1.38 bits per heavy atom. The first kappa shape index (κ1) is 10.5. The fourth-order valence-corrected chi connectivity index (χ4v) is 1.61. The van der Waals surface area contributed by atoms with Crippen LogP contribution in [0.25, 0.3) is 0 Å². The molecule has 0 spiro atoms. The maximum absolute atomic E-state index is 11.3. The van der Waals surface area contributed by atoms with E-state index < -0.39 is 12.9 Å². The number of rotatable bonds is 3. The van der Waals surface area contributed by atoms with Crippen molar-refractivity contribution in [1.29, 1.82) is 0 Å². The summed E-state index contributed by atoms with van der Waals surface area (Å²) in [6.45, 7) is -0.529. The predicted molar refractivity (Wildman–Crippen MR) is 45.8 cm³/mol. The highest BCUT2D eigenvalue weighted by molar-refractivity contribution is 5.72. The minimum Gasteiger partial charge on any atom is -0.433 e. The van der Waals surface area contributed by atoms with Gasteiger partial charge in [0.05, 0.1) is 5.92 Å². The smallest absolute Gasteiger partial charge is 0.311 e. The molecule has 2 N–H and O–H groups in total. The molecule has 1 unspecified atom stereocenters. The zero-order chi connectivity index (χ0) is 9.68. The fraction of sp³-hybridized carbons (Fsp3) is 0.889. The molecule has 0 bridgehead atoms. The first-order valence-corrected chi connectivity index (χ1v) is 4.73. The van der Waals surface area contributed by atoms with E-state index in [-0.39, 0.29) is 11.9 Å². The zero-order valence-corrected chi connectivity index (χ0v) is 7.61. The standard InChI is InChI=1S/C9H16O4/c10-6-8(11)13-9(12)7-4-2-1-3-5-7/h7-8,10-11H,1-6H2. The van der Waals surface area contributed by atoms with Crippen LogP contribution in [0, 0.1) is 5.92 Å². The summed E-state index contributed by atoms with van der Waals surface area (Å²) in [5.74, 6) is -0.448. The lowest BCUT2D eigenvalue weighted by Crippen LogP contribution is -2.27. The Balaban J connectivity index is 2.29. The van der Waals surface area contributed by atoms with Gasteiger partial charge in [-0.1, -0.05) is 19.3 Å². The van der Waals surface area contributed by atoms with Crippen LogP contribution in [0.5, 0.6) is 0 Å². The number of hydrogen-bond acceptors (Lipinski definition) is 4. The number of carbonyl (C=O) groups is 1. The van der Waals surface area contributed by atoms with Gasteiger partial charge >= 0.3 is 5.97 Å². The average molecular weight is 188 g/mol. The Kier molecular flexibility index (Phi) is 4.18. The molecule has 0 aliphatic heterocycles. The lowest BCUT2D eigenvalue weighted by atomic mass is 9.89. The van der Waals surface area contributed by atoms with Gasteiger partial charge in [-0.15, -0.1) is 0 Å². The first-order valence-electron chi connectivity index (χ1n) is 4.73. The summed E-state index contributed by atoms with van der Waals surface area (Å²) in [4.78, 5) is 11.3. The molecule has 0 saturated heterocycles. The normalized spacial score (nSPS) is 21.1. The zero-order valence-electron chi connectivity index (χ0n) is 7.61. The lowest BCUT2D eigenvalue weighted by Gasteiger charge is -2.21. The maximum atomic E-state index is 11.3. The summed E-state index contributed by atoms with van der Waals surface area (Å²) in [5, 5.41) is 17.3. The maximum Gasteiger partial charge on any atom is 0.311 e. The van der Waals surface area contributed by atoms with E-state index in [9.17, 15) is 4.79 Å². The Hall–Kier alpha value is -0.610. The van der Waals surface area contributed by atoms with Gasteiger partial charge in [-0.3, -0.25) is 4.79 Å². The van der Waals surface area contributed by atoms with Gasteiger partial charge in [-0.2, -0.15) is 0 Å². The molecule has 4 heteroatoms. The van der Waals surface area contributed by atoms with Crippen LogP contribution in [0.1, 0.15) is 32.1 Å². The second kappa shape index (κ2) is 5.19. The molecule has 76 valence electrons. The second-order valence-electron chi connectivity index (χ2n) is 3.41. The van der Waals surface area contributed by atoms with Gasteiger partial charge in [0.1, 0.15) is 6.61 Å². The van der Waals surface area contributed by atoms with E-state index in [4.69, 9.17) is 10.2 Å². The third kappa shape index (κ3) is 3.32. The van der Waals surface area contributed by atoms with Crippen LogP contribution in [0.15, 0.2) is 0 Å². The summed E-state index contributed by atoms with van der Waals surface area (Å²) in [6.07, 6.45) is 3.61. The van der Waals surface area contributed by atoms with Crippen molar-refractivity contribution < 1.29 is 19.7 Å². The minimum atomic E-state index is -1.35. The van der Waals surface area contributed by atoms with E-state index in [0.717, 1.165) is 25.7 Å². The second-order valence-corrected chi connectivity index (χ2v) is 3.41. The van der Waals surface area contributed by atoms with Crippen molar-refractivity contribution >= 4 is 5.97 Å². The molecule has 1 rings (SSSR count). The molecule has 0 aromatic heterocycles. The topological polar surface area (TPSA) is 66.8 Å². The molecule has 4 nitrogen and oxygen atoms in total. The van der Waals surface area contributed by atoms with Crippen LogP contribution in [0.3, 0.4) is 0 Å². The van der Waals surface area contributed by atoms with E-state index in [0.29, 0.717) is 0 Å². The van der Waals surface area contributed by atoms with Crippen molar-refractivity contribution in [2.75, 3.05) is 6.61 Å². The van der Waals surface area contributed by atoms with Crippen molar-refractivity contribution in [1.82, 2.24) is 0 Å².